The summed E-state index contributed by atoms with van der Waals surface area (Å²) < 4.78 is 2.84. The molecule has 76 valence electrons. The predicted octanol–water partition coefficient (Wildman–Crippen LogP) is 3.41. The summed E-state index contributed by atoms with van der Waals surface area (Å²) in [5, 5.41) is 3.37. The van der Waals surface area contributed by atoms with E-state index in [1.165, 1.54) is 18.5 Å². The normalized spacial score (nSPS) is 15.5. The van der Waals surface area contributed by atoms with Gasteiger partial charge in [-0.3, -0.25) is 5.10 Å². The van der Waals surface area contributed by atoms with E-state index in [1.807, 2.05) is 22.9 Å². The third-order valence-corrected chi connectivity index (χ3v) is 3.07. The smallest absolute Gasteiger partial charge is 0.127 e. The van der Waals surface area contributed by atoms with Crippen LogP contribution in [-0.2, 0) is 0 Å². The van der Waals surface area contributed by atoms with Crippen LogP contribution in [-0.4, -0.2) is 9.78 Å². The largest absolute Gasteiger partial charge is 0.297 e. The molecular weight excluding hydrogens is 204 g/mol. The highest BCUT2D eigenvalue weighted by Gasteiger charge is 2.25. The molecular formula is C12H12N2S. The highest BCUT2D eigenvalue weighted by Crippen LogP contribution is 2.39. The van der Waals surface area contributed by atoms with Crippen molar-refractivity contribution >= 4 is 12.2 Å². The second kappa shape index (κ2) is 3.35. The molecule has 0 bridgehead atoms. The van der Waals surface area contributed by atoms with Crippen molar-refractivity contribution in [1.29, 1.82) is 0 Å². The van der Waals surface area contributed by atoms with E-state index in [0.717, 1.165) is 16.2 Å². The Labute approximate surface area is 93.5 Å². The van der Waals surface area contributed by atoms with Gasteiger partial charge in [0.2, 0.25) is 0 Å². The summed E-state index contributed by atoms with van der Waals surface area (Å²) in [6.45, 7) is 0. The maximum absolute atomic E-state index is 5.33. The average molecular weight is 216 g/mol. The molecule has 1 fully saturated rings. The highest BCUT2D eigenvalue weighted by atomic mass is 32.1. The maximum atomic E-state index is 5.33. The van der Waals surface area contributed by atoms with Gasteiger partial charge in [-0.05, 0) is 31.0 Å². The van der Waals surface area contributed by atoms with Crippen LogP contribution in [0.2, 0.25) is 0 Å². The first-order chi connectivity index (χ1) is 7.34. The van der Waals surface area contributed by atoms with E-state index in [2.05, 4.69) is 23.3 Å². The van der Waals surface area contributed by atoms with Gasteiger partial charge in [0.25, 0.3) is 0 Å². The van der Waals surface area contributed by atoms with E-state index in [1.54, 1.807) is 0 Å². The second-order valence-electron chi connectivity index (χ2n) is 3.99. The van der Waals surface area contributed by atoms with Crippen molar-refractivity contribution in [2.45, 2.75) is 18.8 Å². The van der Waals surface area contributed by atoms with Gasteiger partial charge in [-0.25, -0.2) is 4.68 Å². The van der Waals surface area contributed by atoms with Crippen LogP contribution in [0.1, 0.15) is 24.5 Å². The van der Waals surface area contributed by atoms with Gasteiger partial charge in [0, 0.05) is 11.6 Å². The Balaban J connectivity index is 2.08. The predicted molar refractivity (Wildman–Crippen MR) is 62.9 cm³/mol. The minimum atomic E-state index is 0.719. The molecule has 0 radical (unpaired) electrons. The molecule has 1 saturated carbocycles. The SMILES string of the molecule is S=c1cc(C2CC2)[nH]n1-c1ccccc1. The molecule has 2 aromatic rings. The van der Waals surface area contributed by atoms with Gasteiger partial charge in [0.1, 0.15) is 4.64 Å². The maximum Gasteiger partial charge on any atom is 0.127 e. The molecule has 15 heavy (non-hydrogen) atoms. The van der Waals surface area contributed by atoms with Crippen molar-refractivity contribution in [1.82, 2.24) is 9.78 Å². The average Bonchev–Trinajstić information content (AvgIpc) is 3.04. The lowest BCUT2D eigenvalue weighted by Crippen LogP contribution is -1.96. The zero-order valence-corrected chi connectivity index (χ0v) is 9.13. The Hall–Kier alpha value is -1.35. The first-order valence-electron chi connectivity index (χ1n) is 5.22. The van der Waals surface area contributed by atoms with Crippen molar-refractivity contribution in [3.63, 3.8) is 0 Å². The van der Waals surface area contributed by atoms with Crippen molar-refractivity contribution in [3.05, 3.63) is 46.7 Å². The first-order valence-corrected chi connectivity index (χ1v) is 5.63. The summed E-state index contributed by atoms with van der Waals surface area (Å²) in [5.74, 6) is 0.719. The second-order valence-corrected chi connectivity index (χ2v) is 4.41. The number of hydrogen-bond donors (Lipinski definition) is 1. The van der Waals surface area contributed by atoms with Gasteiger partial charge in [-0.15, -0.1) is 0 Å². The minimum absolute atomic E-state index is 0.719. The van der Waals surface area contributed by atoms with Crippen molar-refractivity contribution in [2.24, 2.45) is 0 Å². The molecule has 3 heteroatoms. The van der Waals surface area contributed by atoms with Gasteiger partial charge in [0.15, 0.2) is 0 Å². The third kappa shape index (κ3) is 1.63. The number of aromatic amines is 1. The van der Waals surface area contributed by atoms with Gasteiger partial charge >= 0.3 is 0 Å². The molecule has 1 aliphatic rings. The molecule has 0 saturated heterocycles. The molecule has 2 nitrogen and oxygen atoms in total. The number of rotatable bonds is 2. The van der Waals surface area contributed by atoms with Crippen LogP contribution >= 0.6 is 12.2 Å². The number of nitrogens with zero attached hydrogens (tertiary/aromatic N) is 1. The number of hydrogen-bond acceptors (Lipinski definition) is 1. The quantitative estimate of drug-likeness (QED) is 0.763. The van der Waals surface area contributed by atoms with Crippen molar-refractivity contribution < 1.29 is 0 Å². The van der Waals surface area contributed by atoms with Gasteiger partial charge in [0.05, 0.1) is 5.69 Å². The molecule has 1 N–H and O–H groups in total. The fourth-order valence-corrected chi connectivity index (χ4v) is 2.06. The van der Waals surface area contributed by atoms with Gasteiger partial charge in [-0.2, -0.15) is 0 Å². The first kappa shape index (κ1) is 8.92. The number of aromatic nitrogens is 2. The van der Waals surface area contributed by atoms with E-state index >= 15 is 0 Å². The van der Waals surface area contributed by atoms with Crippen molar-refractivity contribution in [2.75, 3.05) is 0 Å². The molecule has 0 atom stereocenters. The van der Waals surface area contributed by atoms with Gasteiger partial charge < -0.3 is 0 Å². The van der Waals surface area contributed by atoms with E-state index in [4.69, 9.17) is 12.2 Å². The van der Waals surface area contributed by atoms with Crippen LogP contribution in [0, 0.1) is 4.64 Å². The fourth-order valence-electron chi connectivity index (χ4n) is 1.79. The van der Waals surface area contributed by atoms with E-state index in [-0.39, 0.29) is 0 Å². The number of benzene rings is 1. The summed E-state index contributed by atoms with van der Waals surface area (Å²) >= 11 is 5.33. The number of nitrogens with one attached hydrogen (secondary N) is 1. The van der Waals surface area contributed by atoms with E-state index in [0.29, 0.717) is 0 Å². The summed E-state index contributed by atoms with van der Waals surface area (Å²) in [6, 6.07) is 12.3. The lowest BCUT2D eigenvalue weighted by Gasteiger charge is -2.01. The van der Waals surface area contributed by atoms with Crippen molar-refractivity contribution in [3.8, 4) is 5.69 Å². The highest BCUT2D eigenvalue weighted by molar-refractivity contribution is 7.71. The Morgan fingerprint density at radius 1 is 1.20 bits per heavy atom. The molecule has 1 heterocycles. The molecule has 3 rings (SSSR count). The zero-order valence-electron chi connectivity index (χ0n) is 8.31. The van der Waals surface area contributed by atoms with Crippen LogP contribution in [0.5, 0.6) is 0 Å². The van der Waals surface area contributed by atoms with E-state index in [9.17, 15) is 0 Å². The Bertz CT molecular complexity index is 520. The molecule has 0 aliphatic heterocycles. The molecule has 0 unspecified atom stereocenters. The minimum Gasteiger partial charge on any atom is -0.297 e. The summed E-state index contributed by atoms with van der Waals surface area (Å²) in [4.78, 5) is 0. The zero-order chi connectivity index (χ0) is 10.3. The lowest BCUT2D eigenvalue weighted by molar-refractivity contribution is 0.830. The topological polar surface area (TPSA) is 20.7 Å². The molecule has 0 amide bonds. The summed E-state index contributed by atoms with van der Waals surface area (Å²) in [7, 11) is 0. The number of H-pyrrole nitrogens is 1. The molecule has 1 aliphatic carbocycles. The third-order valence-electron chi connectivity index (χ3n) is 2.77. The summed E-state index contributed by atoms with van der Waals surface area (Å²) in [5.41, 5.74) is 2.39. The van der Waals surface area contributed by atoms with E-state index < -0.39 is 0 Å². The van der Waals surface area contributed by atoms with Crippen LogP contribution in [0.15, 0.2) is 36.4 Å². The van der Waals surface area contributed by atoms with Crippen LogP contribution in [0.3, 0.4) is 0 Å². The van der Waals surface area contributed by atoms with Crippen LogP contribution in [0.25, 0.3) is 5.69 Å². The molecule has 1 aromatic carbocycles. The number of para-hydroxylation sites is 1. The Morgan fingerprint density at radius 2 is 1.93 bits per heavy atom. The van der Waals surface area contributed by atoms with Crippen LogP contribution in [0.4, 0.5) is 0 Å². The summed E-state index contributed by atoms with van der Waals surface area (Å²) in [6.07, 6.45) is 2.59. The fraction of sp³-hybridized carbons (Fsp3) is 0.250. The van der Waals surface area contributed by atoms with Crippen LogP contribution < -0.4 is 0 Å². The molecule has 1 aromatic heterocycles. The molecule has 0 spiro atoms. The monoisotopic (exact) mass is 216 g/mol. The Kier molecular flexibility index (Phi) is 1.99. The standard InChI is InChI=1S/C12H12N2S/c15-12-8-11(9-6-7-9)13-14(12)10-4-2-1-3-5-10/h1-5,8-9,13H,6-7H2. The van der Waals surface area contributed by atoms with Gasteiger partial charge in [-0.1, -0.05) is 30.4 Å². The lowest BCUT2D eigenvalue weighted by atomic mass is 10.3. The Morgan fingerprint density at radius 3 is 2.60 bits per heavy atom.